The molecule has 0 aromatic heterocycles. The Morgan fingerprint density at radius 3 is 2.21 bits per heavy atom. The minimum absolute atomic E-state index is 0.229. The van der Waals surface area contributed by atoms with Gasteiger partial charge in [-0.05, 0) is 12.1 Å². The number of fused-ring (bicyclic) bond motifs is 1. The highest BCUT2D eigenvalue weighted by molar-refractivity contribution is 6.22. The van der Waals surface area contributed by atoms with Crippen molar-refractivity contribution < 1.29 is 23.9 Å². The van der Waals surface area contributed by atoms with Gasteiger partial charge in [-0.1, -0.05) is 12.1 Å². The Balaban J connectivity index is 2.41. The molecule has 0 aliphatic carbocycles. The van der Waals surface area contributed by atoms with Crippen molar-refractivity contribution in [1.82, 2.24) is 4.90 Å². The van der Waals surface area contributed by atoms with Crippen molar-refractivity contribution in [2.24, 2.45) is 0 Å². The van der Waals surface area contributed by atoms with Crippen molar-refractivity contribution in [2.45, 2.75) is 12.5 Å². The Hall–Kier alpha value is -2.50. The summed E-state index contributed by atoms with van der Waals surface area (Å²) >= 11 is 0. The maximum atomic E-state index is 12.1. The molecule has 2 rings (SSSR count). The molecule has 0 N–H and O–H groups in total. The number of nitrogens with zero attached hydrogens (tertiary/aromatic N) is 1. The number of amides is 2. The number of esters is 1. The van der Waals surface area contributed by atoms with E-state index in [1.807, 2.05) is 0 Å². The molecule has 1 aliphatic heterocycles. The lowest BCUT2D eigenvalue weighted by molar-refractivity contribution is -0.146. The van der Waals surface area contributed by atoms with Crippen LogP contribution in [-0.2, 0) is 14.3 Å². The van der Waals surface area contributed by atoms with Crippen molar-refractivity contribution in [3.05, 3.63) is 35.4 Å². The molecule has 1 atom stereocenters. The lowest BCUT2D eigenvalue weighted by atomic mass is 10.1. The molecule has 0 bridgehead atoms. The summed E-state index contributed by atoms with van der Waals surface area (Å²) in [7, 11) is 1.14. The first kappa shape index (κ1) is 12.9. The fourth-order valence-electron chi connectivity index (χ4n) is 2.03. The SMILES string of the molecule is COC(=O)C(CC=O)N1C(=O)c2ccccc2C1=O. The fraction of sp³-hybridized carbons (Fsp3) is 0.231. The van der Waals surface area contributed by atoms with Crippen LogP contribution < -0.4 is 0 Å². The van der Waals surface area contributed by atoms with Crippen LogP contribution in [0.4, 0.5) is 0 Å². The summed E-state index contributed by atoms with van der Waals surface area (Å²) in [5.41, 5.74) is 0.458. The molecular formula is C13H11NO5. The summed E-state index contributed by atoms with van der Waals surface area (Å²) in [5.74, 6) is -1.96. The monoisotopic (exact) mass is 261 g/mol. The molecule has 2 amide bonds. The highest BCUT2D eigenvalue weighted by Crippen LogP contribution is 2.25. The van der Waals surface area contributed by atoms with Crippen LogP contribution in [-0.4, -0.2) is 42.1 Å². The standard InChI is InChI=1S/C13H11NO5/c1-19-13(18)10(6-7-15)14-11(16)8-4-2-3-5-9(8)12(14)17/h2-5,7,10H,6H2,1H3. The molecule has 0 saturated heterocycles. The van der Waals surface area contributed by atoms with Gasteiger partial charge in [-0.15, -0.1) is 0 Å². The van der Waals surface area contributed by atoms with Gasteiger partial charge in [0, 0.05) is 6.42 Å². The number of carbonyl (C=O) groups excluding carboxylic acids is 4. The molecule has 0 fully saturated rings. The van der Waals surface area contributed by atoms with E-state index < -0.39 is 23.8 Å². The molecule has 1 aliphatic rings. The molecule has 1 unspecified atom stereocenters. The van der Waals surface area contributed by atoms with Crippen molar-refractivity contribution in [1.29, 1.82) is 0 Å². The largest absolute Gasteiger partial charge is 0.467 e. The normalized spacial score (nSPS) is 15.1. The maximum Gasteiger partial charge on any atom is 0.329 e. The molecule has 6 nitrogen and oxygen atoms in total. The fourth-order valence-corrected chi connectivity index (χ4v) is 2.03. The van der Waals surface area contributed by atoms with Gasteiger partial charge < -0.3 is 9.53 Å². The Morgan fingerprint density at radius 2 is 1.79 bits per heavy atom. The Labute approximate surface area is 108 Å². The van der Waals surface area contributed by atoms with E-state index in [4.69, 9.17) is 0 Å². The van der Waals surface area contributed by atoms with Gasteiger partial charge in [0.2, 0.25) is 0 Å². The zero-order valence-electron chi connectivity index (χ0n) is 10.2. The van der Waals surface area contributed by atoms with E-state index >= 15 is 0 Å². The smallest absolute Gasteiger partial charge is 0.329 e. The number of ether oxygens (including phenoxy) is 1. The van der Waals surface area contributed by atoms with Crippen molar-refractivity contribution in [3.63, 3.8) is 0 Å². The molecule has 1 aromatic carbocycles. The summed E-state index contributed by atoms with van der Waals surface area (Å²) in [6.07, 6.45) is 0.198. The molecular weight excluding hydrogens is 250 g/mol. The Bertz CT molecular complexity index is 531. The molecule has 19 heavy (non-hydrogen) atoms. The highest BCUT2D eigenvalue weighted by atomic mass is 16.5. The molecule has 98 valence electrons. The second kappa shape index (κ2) is 5.01. The number of rotatable bonds is 4. The first-order valence-electron chi connectivity index (χ1n) is 5.60. The zero-order chi connectivity index (χ0) is 14.0. The number of carbonyl (C=O) groups is 4. The minimum atomic E-state index is -1.21. The third-order valence-corrected chi connectivity index (χ3v) is 2.93. The minimum Gasteiger partial charge on any atom is -0.467 e. The third kappa shape index (κ3) is 2.01. The van der Waals surface area contributed by atoms with Gasteiger partial charge in [-0.25, -0.2) is 4.79 Å². The van der Waals surface area contributed by atoms with E-state index in [2.05, 4.69) is 4.74 Å². The number of hydrogen-bond donors (Lipinski definition) is 0. The first-order valence-corrected chi connectivity index (χ1v) is 5.60. The third-order valence-electron chi connectivity index (χ3n) is 2.93. The molecule has 0 spiro atoms. The average Bonchev–Trinajstić information content (AvgIpc) is 2.68. The van der Waals surface area contributed by atoms with E-state index in [9.17, 15) is 19.2 Å². The number of hydrogen-bond acceptors (Lipinski definition) is 5. The van der Waals surface area contributed by atoms with Crippen LogP contribution >= 0.6 is 0 Å². The quantitative estimate of drug-likeness (QED) is 0.445. The van der Waals surface area contributed by atoms with Crippen LogP contribution in [0.15, 0.2) is 24.3 Å². The van der Waals surface area contributed by atoms with Crippen LogP contribution in [0, 0.1) is 0 Å². The van der Waals surface area contributed by atoms with Gasteiger partial charge in [0.1, 0.15) is 12.3 Å². The van der Waals surface area contributed by atoms with Crippen LogP contribution in [0.1, 0.15) is 27.1 Å². The Kier molecular flexibility index (Phi) is 3.41. The second-order valence-electron chi connectivity index (χ2n) is 3.97. The summed E-state index contributed by atoms with van der Waals surface area (Å²) < 4.78 is 4.53. The topological polar surface area (TPSA) is 80.8 Å². The van der Waals surface area contributed by atoms with Crippen molar-refractivity contribution >= 4 is 24.1 Å². The van der Waals surface area contributed by atoms with Gasteiger partial charge in [0.05, 0.1) is 18.2 Å². The predicted molar refractivity (Wildman–Crippen MR) is 63.4 cm³/mol. The van der Waals surface area contributed by atoms with Crippen LogP contribution in [0.2, 0.25) is 0 Å². The van der Waals surface area contributed by atoms with E-state index in [1.165, 1.54) is 12.1 Å². The maximum absolute atomic E-state index is 12.1. The summed E-state index contributed by atoms with van der Waals surface area (Å²) in [5, 5.41) is 0. The molecule has 1 heterocycles. The number of imide groups is 1. The summed E-state index contributed by atoms with van der Waals surface area (Å²) in [6.45, 7) is 0. The predicted octanol–water partition coefficient (Wildman–Crippen LogP) is 0.413. The van der Waals surface area contributed by atoms with Gasteiger partial charge in [0.15, 0.2) is 0 Å². The van der Waals surface area contributed by atoms with Crippen molar-refractivity contribution in [3.8, 4) is 0 Å². The zero-order valence-corrected chi connectivity index (χ0v) is 10.2. The molecule has 6 heteroatoms. The number of benzene rings is 1. The van der Waals surface area contributed by atoms with Gasteiger partial charge >= 0.3 is 5.97 Å². The summed E-state index contributed by atoms with van der Waals surface area (Å²) in [4.78, 5) is 47.3. The van der Waals surface area contributed by atoms with E-state index in [0.717, 1.165) is 12.0 Å². The van der Waals surface area contributed by atoms with E-state index in [1.54, 1.807) is 12.1 Å². The molecule has 1 aromatic rings. The van der Waals surface area contributed by atoms with Gasteiger partial charge in [-0.2, -0.15) is 0 Å². The van der Waals surface area contributed by atoms with Crippen LogP contribution in [0.5, 0.6) is 0 Å². The first-order chi connectivity index (χ1) is 9.11. The number of methoxy groups -OCH3 is 1. The lowest BCUT2D eigenvalue weighted by Crippen LogP contribution is -2.45. The van der Waals surface area contributed by atoms with Crippen LogP contribution in [0.3, 0.4) is 0 Å². The molecule has 0 saturated carbocycles. The highest BCUT2D eigenvalue weighted by Gasteiger charge is 2.42. The van der Waals surface area contributed by atoms with E-state index in [-0.39, 0.29) is 17.5 Å². The second-order valence-corrected chi connectivity index (χ2v) is 3.97. The van der Waals surface area contributed by atoms with Gasteiger partial charge in [0.25, 0.3) is 11.8 Å². The van der Waals surface area contributed by atoms with E-state index in [0.29, 0.717) is 6.29 Å². The van der Waals surface area contributed by atoms with Crippen molar-refractivity contribution in [2.75, 3.05) is 7.11 Å². The number of aldehydes is 1. The summed E-state index contributed by atoms with van der Waals surface area (Å²) in [6, 6.07) is 5.05. The van der Waals surface area contributed by atoms with Crippen LogP contribution in [0.25, 0.3) is 0 Å². The molecule has 0 radical (unpaired) electrons. The lowest BCUT2D eigenvalue weighted by Gasteiger charge is -2.21. The average molecular weight is 261 g/mol. The van der Waals surface area contributed by atoms with Gasteiger partial charge in [-0.3, -0.25) is 14.5 Å². The Morgan fingerprint density at radius 1 is 1.26 bits per heavy atom.